The Morgan fingerprint density at radius 3 is 2.29 bits per heavy atom. The van der Waals surface area contributed by atoms with Gasteiger partial charge in [0.25, 0.3) is 5.91 Å². The summed E-state index contributed by atoms with van der Waals surface area (Å²) in [5.74, 6) is 1.21. The van der Waals surface area contributed by atoms with Crippen molar-refractivity contribution in [1.29, 1.82) is 0 Å². The average Bonchev–Trinajstić information content (AvgIpc) is 3.61. The molecular weight excluding hydrogens is 608 g/mol. The number of nitrogens with zero attached hydrogens (tertiary/aromatic N) is 6. The van der Waals surface area contributed by atoms with Crippen LogP contribution in [-0.4, -0.2) is 54.5 Å². The van der Waals surface area contributed by atoms with Gasteiger partial charge in [0.15, 0.2) is 5.00 Å². The first-order chi connectivity index (χ1) is 22.1. The van der Waals surface area contributed by atoms with Gasteiger partial charge in [0.2, 0.25) is 5.13 Å². The molecule has 1 aromatic heterocycles. The van der Waals surface area contributed by atoms with Crippen molar-refractivity contribution >= 4 is 56.1 Å². The number of ether oxygens (including phenoxy) is 2. The summed E-state index contributed by atoms with van der Waals surface area (Å²) in [6.07, 6.45) is 0. The maximum Gasteiger partial charge on any atom is 0.278 e. The van der Waals surface area contributed by atoms with Gasteiger partial charge in [-0.2, -0.15) is 0 Å². The number of rotatable bonds is 8. The van der Waals surface area contributed by atoms with Crippen molar-refractivity contribution in [2.75, 3.05) is 37.9 Å². The number of azo groups is 1. The van der Waals surface area contributed by atoms with Crippen LogP contribution < -0.4 is 9.64 Å². The van der Waals surface area contributed by atoms with E-state index < -0.39 is 0 Å². The van der Waals surface area contributed by atoms with Gasteiger partial charge in [-0.3, -0.25) is 14.6 Å². The lowest BCUT2D eigenvalue weighted by molar-refractivity contribution is -0.112. The number of amides is 1. The number of carbonyl (C=O) groups is 1. The average molecular weight is 635 g/mol. The Kier molecular flexibility index (Phi) is 8.44. The predicted octanol–water partition coefficient (Wildman–Crippen LogP) is 8.43. The van der Waals surface area contributed by atoms with E-state index in [4.69, 9.17) is 31.1 Å². The van der Waals surface area contributed by atoms with E-state index in [0.29, 0.717) is 63.6 Å². The van der Waals surface area contributed by atoms with Gasteiger partial charge >= 0.3 is 0 Å². The zero-order valence-corrected chi connectivity index (χ0v) is 25.6. The summed E-state index contributed by atoms with van der Waals surface area (Å²) < 4.78 is 11.4. The van der Waals surface area contributed by atoms with E-state index in [9.17, 15) is 4.79 Å². The van der Waals surface area contributed by atoms with Crippen LogP contribution in [0.4, 0.5) is 21.5 Å². The van der Waals surface area contributed by atoms with Crippen molar-refractivity contribution in [2.45, 2.75) is 0 Å². The monoisotopic (exact) mass is 634 g/mol. The number of anilines is 1. The van der Waals surface area contributed by atoms with Gasteiger partial charge in [0.1, 0.15) is 22.9 Å². The fraction of sp³-hybridized carbons (Fsp3) is 0.147. The summed E-state index contributed by atoms with van der Waals surface area (Å²) in [7, 11) is 0. The van der Waals surface area contributed by atoms with Crippen LogP contribution >= 0.6 is 22.9 Å². The molecule has 45 heavy (non-hydrogen) atoms. The number of fused-ring (bicyclic) bond motifs is 1. The Hall–Kier alpha value is -4.74. The Morgan fingerprint density at radius 1 is 0.844 bits per heavy atom. The summed E-state index contributed by atoms with van der Waals surface area (Å²) in [5, 5.41) is 10.7. The van der Waals surface area contributed by atoms with Crippen LogP contribution in [0.25, 0.3) is 11.3 Å². The molecule has 1 saturated heterocycles. The van der Waals surface area contributed by atoms with E-state index >= 15 is 0 Å². The second-order valence-electron chi connectivity index (χ2n) is 10.3. The minimum absolute atomic E-state index is 0.150. The Balaban J connectivity index is 1.17. The highest BCUT2D eigenvalue weighted by molar-refractivity contribution is 7.19. The summed E-state index contributed by atoms with van der Waals surface area (Å²) in [6.45, 7) is 3.35. The number of halogens is 1. The highest BCUT2D eigenvalue weighted by Gasteiger charge is 2.35. The third-order valence-electron chi connectivity index (χ3n) is 7.34. The highest BCUT2D eigenvalue weighted by Crippen LogP contribution is 2.41. The molecule has 7 rings (SSSR count). The molecule has 2 aliphatic heterocycles. The number of morpholine rings is 1. The fourth-order valence-electron chi connectivity index (χ4n) is 5.07. The van der Waals surface area contributed by atoms with E-state index in [1.807, 2.05) is 91.0 Å². The van der Waals surface area contributed by atoms with Gasteiger partial charge < -0.3 is 9.47 Å². The first kappa shape index (κ1) is 29.0. The standard InChI is InChI=1S/C34H27ClN6O3S/c35-24-10-14-26(15-11-24)44-27-16-12-25(13-17-27)38-39-32-30(23-6-2-1-3-7-23)36-34(45-32)37-31-28-8-4-5-9-29(28)41(33(31)42)22-40-18-20-43-21-19-40/h1-17H,18-22H2/b37-31+,39-38?. The van der Waals surface area contributed by atoms with Gasteiger partial charge in [-0.1, -0.05) is 71.5 Å². The van der Waals surface area contributed by atoms with E-state index in [-0.39, 0.29) is 5.91 Å². The number of thiazole rings is 1. The van der Waals surface area contributed by atoms with E-state index in [2.05, 4.69) is 15.1 Å². The Morgan fingerprint density at radius 2 is 1.53 bits per heavy atom. The quantitative estimate of drug-likeness (QED) is 0.160. The van der Waals surface area contributed by atoms with Crippen molar-refractivity contribution in [1.82, 2.24) is 9.88 Å². The maximum absolute atomic E-state index is 13.7. The second-order valence-corrected chi connectivity index (χ2v) is 11.7. The molecule has 0 bridgehead atoms. The molecule has 0 unspecified atom stereocenters. The van der Waals surface area contributed by atoms with Crippen molar-refractivity contribution < 1.29 is 14.3 Å². The summed E-state index contributed by atoms with van der Waals surface area (Å²) in [6, 6.07) is 32.0. The van der Waals surface area contributed by atoms with Crippen molar-refractivity contribution in [2.24, 2.45) is 15.2 Å². The van der Waals surface area contributed by atoms with Crippen molar-refractivity contribution in [3.8, 4) is 22.8 Å². The summed E-state index contributed by atoms with van der Waals surface area (Å²) in [4.78, 5) is 27.4. The number of aliphatic imine (C=N–C) groups is 1. The molecular formula is C34H27ClN6O3S. The molecule has 3 heterocycles. The molecule has 5 aromatic rings. The lowest BCUT2D eigenvalue weighted by Gasteiger charge is -2.30. The Bertz CT molecular complexity index is 1870. The number of carbonyl (C=O) groups excluding carboxylic acids is 1. The highest BCUT2D eigenvalue weighted by atomic mass is 35.5. The third-order valence-corrected chi connectivity index (χ3v) is 8.42. The van der Waals surface area contributed by atoms with E-state index in [0.717, 1.165) is 29.9 Å². The van der Waals surface area contributed by atoms with Gasteiger partial charge in [-0.15, -0.1) is 10.2 Å². The maximum atomic E-state index is 13.7. The lowest BCUT2D eigenvalue weighted by Crippen LogP contribution is -2.45. The number of aromatic nitrogens is 1. The molecule has 4 aromatic carbocycles. The van der Waals surface area contributed by atoms with Crippen LogP contribution in [0.15, 0.2) is 118 Å². The summed E-state index contributed by atoms with van der Waals surface area (Å²) in [5.41, 5.74) is 4.18. The van der Waals surface area contributed by atoms with Crippen LogP contribution in [-0.2, 0) is 9.53 Å². The molecule has 1 amide bonds. The molecule has 9 nitrogen and oxygen atoms in total. The van der Waals surface area contributed by atoms with Crippen LogP contribution in [0, 0.1) is 0 Å². The normalized spacial score (nSPS) is 16.1. The first-order valence-electron chi connectivity index (χ1n) is 14.4. The van der Waals surface area contributed by atoms with Crippen molar-refractivity contribution in [3.63, 3.8) is 0 Å². The molecule has 0 N–H and O–H groups in total. The summed E-state index contributed by atoms with van der Waals surface area (Å²) >= 11 is 7.26. The first-order valence-corrected chi connectivity index (χ1v) is 15.6. The zero-order chi connectivity index (χ0) is 30.6. The molecule has 1 fully saturated rings. The number of benzene rings is 4. The fourth-order valence-corrected chi connectivity index (χ4v) is 5.99. The lowest BCUT2D eigenvalue weighted by atomic mass is 10.1. The molecule has 0 saturated carbocycles. The van der Waals surface area contributed by atoms with E-state index in [1.165, 1.54) is 11.3 Å². The SMILES string of the molecule is O=C1/C(=N/c2nc(-c3ccccc3)c(N=Nc3ccc(Oc4ccc(Cl)cc4)cc3)s2)c2ccccc2N1CN1CCOCC1. The third kappa shape index (κ3) is 6.54. The molecule has 0 spiro atoms. The molecule has 224 valence electrons. The van der Waals surface area contributed by atoms with Gasteiger partial charge in [-0.25, -0.2) is 9.98 Å². The number of hydrogen-bond donors (Lipinski definition) is 0. The molecule has 0 radical (unpaired) electrons. The molecule has 2 aliphatic rings. The van der Waals surface area contributed by atoms with Crippen LogP contribution in [0.5, 0.6) is 11.5 Å². The smallest absolute Gasteiger partial charge is 0.278 e. The molecule has 0 atom stereocenters. The number of para-hydroxylation sites is 1. The molecule has 11 heteroatoms. The molecule has 0 aliphatic carbocycles. The van der Waals surface area contributed by atoms with Crippen molar-refractivity contribution in [3.05, 3.63) is 114 Å². The zero-order valence-electron chi connectivity index (χ0n) is 24.0. The topological polar surface area (TPSA) is 92.0 Å². The van der Waals surface area contributed by atoms with Crippen LogP contribution in [0.2, 0.25) is 5.02 Å². The minimum atomic E-state index is -0.150. The van der Waals surface area contributed by atoms with Crippen LogP contribution in [0.3, 0.4) is 0 Å². The van der Waals surface area contributed by atoms with Gasteiger partial charge in [-0.05, 0) is 54.6 Å². The van der Waals surface area contributed by atoms with Gasteiger partial charge in [0, 0.05) is 29.2 Å². The second kappa shape index (κ2) is 13.1. The predicted molar refractivity (Wildman–Crippen MR) is 177 cm³/mol. The Labute approximate surface area is 269 Å². The van der Waals surface area contributed by atoms with Gasteiger partial charge in [0.05, 0.1) is 31.3 Å². The largest absolute Gasteiger partial charge is 0.457 e. The number of hydrogen-bond acceptors (Lipinski definition) is 9. The minimum Gasteiger partial charge on any atom is -0.457 e. The van der Waals surface area contributed by atoms with E-state index in [1.54, 1.807) is 17.0 Å². The van der Waals surface area contributed by atoms with Crippen LogP contribution in [0.1, 0.15) is 5.56 Å².